The van der Waals surface area contributed by atoms with Gasteiger partial charge in [-0.05, 0) is 6.42 Å². The SMILES string of the molecule is C#CCC.C=CCCCC.CC.CC.CCC.CCCCC.CCCCCC. The lowest BCUT2D eigenvalue weighted by Crippen LogP contribution is -1.66. The molecular formula is C28H64. The van der Waals surface area contributed by atoms with E-state index in [0.717, 1.165) is 6.42 Å². The minimum Gasteiger partial charge on any atom is -0.120 e. The van der Waals surface area contributed by atoms with Gasteiger partial charge in [-0.25, -0.2) is 0 Å². The lowest BCUT2D eigenvalue weighted by atomic mass is 10.2. The number of hydrogen-bond acceptors (Lipinski definition) is 0. The third kappa shape index (κ3) is 217. The zero-order chi connectivity index (χ0) is 23.9. The molecule has 0 fully saturated rings. The Kier molecular flexibility index (Phi) is 156. The van der Waals surface area contributed by atoms with E-state index in [1.54, 1.807) is 0 Å². The fourth-order valence-electron chi connectivity index (χ4n) is 1.20. The zero-order valence-corrected chi connectivity index (χ0v) is 22.8. The predicted molar refractivity (Wildman–Crippen MR) is 143 cm³/mol. The molecule has 28 heavy (non-hydrogen) atoms. The Morgan fingerprint density at radius 2 is 0.857 bits per heavy atom. The number of unbranched alkanes of at least 4 members (excludes halogenated alkanes) is 7. The van der Waals surface area contributed by atoms with Gasteiger partial charge in [0.1, 0.15) is 0 Å². The topological polar surface area (TPSA) is 0 Å². The maximum absolute atomic E-state index is 4.78. The van der Waals surface area contributed by atoms with Crippen molar-refractivity contribution in [3.63, 3.8) is 0 Å². The minimum absolute atomic E-state index is 0.847. The molecule has 0 aliphatic carbocycles. The van der Waals surface area contributed by atoms with E-state index in [-0.39, 0.29) is 0 Å². The minimum atomic E-state index is 0.847. The highest BCUT2D eigenvalue weighted by molar-refractivity contribution is 4.80. The number of allylic oxidation sites excluding steroid dienone is 1. The van der Waals surface area contributed by atoms with E-state index in [4.69, 9.17) is 6.42 Å². The van der Waals surface area contributed by atoms with Gasteiger partial charge < -0.3 is 0 Å². The molecule has 0 aromatic carbocycles. The van der Waals surface area contributed by atoms with Gasteiger partial charge in [0.15, 0.2) is 0 Å². The smallest absolute Gasteiger partial charge is 0.00576 e. The molecule has 0 unspecified atom stereocenters. The highest BCUT2D eigenvalue weighted by Crippen LogP contribution is 1.95. The molecule has 0 aliphatic heterocycles. The van der Waals surface area contributed by atoms with Gasteiger partial charge in [0.2, 0.25) is 0 Å². The van der Waals surface area contributed by atoms with Crippen molar-refractivity contribution in [2.45, 2.75) is 160 Å². The van der Waals surface area contributed by atoms with E-state index in [9.17, 15) is 0 Å². The van der Waals surface area contributed by atoms with Crippen LogP contribution in [0.15, 0.2) is 12.7 Å². The van der Waals surface area contributed by atoms with Crippen LogP contribution in [-0.4, -0.2) is 0 Å². The molecule has 0 heteroatoms. The van der Waals surface area contributed by atoms with Gasteiger partial charge in [0.25, 0.3) is 0 Å². The first kappa shape index (κ1) is 45.8. The zero-order valence-electron chi connectivity index (χ0n) is 22.8. The molecule has 0 saturated carbocycles. The van der Waals surface area contributed by atoms with Gasteiger partial charge in [0.05, 0.1) is 0 Å². The van der Waals surface area contributed by atoms with Crippen molar-refractivity contribution in [1.82, 2.24) is 0 Å². The molecule has 0 atom stereocenters. The van der Waals surface area contributed by atoms with Crippen LogP contribution >= 0.6 is 0 Å². The second-order valence-corrected chi connectivity index (χ2v) is 5.76. The molecule has 0 aromatic rings. The van der Waals surface area contributed by atoms with Crippen molar-refractivity contribution >= 4 is 0 Å². The van der Waals surface area contributed by atoms with E-state index in [0.29, 0.717) is 0 Å². The van der Waals surface area contributed by atoms with Crippen LogP contribution in [0.1, 0.15) is 160 Å². The first-order valence-electron chi connectivity index (χ1n) is 12.6. The van der Waals surface area contributed by atoms with Crippen LogP contribution in [0.3, 0.4) is 0 Å². The highest BCUT2D eigenvalue weighted by Gasteiger charge is 1.75. The second kappa shape index (κ2) is 95.2. The Morgan fingerprint density at radius 1 is 0.607 bits per heavy atom. The standard InChI is InChI=1S/C6H14.C6H12.C5H12.C4H6.C3H8.2C2H6/c2*1-3-5-6-4-2;1-3-5-4-2;1-3-4-2;1-3-2;2*1-2/h3-6H2,1-2H3;3H,1,4-6H2,2H3;3-5H2,1-2H3;1H,4H2,2H3;3H2,1-2H3;2*1-2H3. The van der Waals surface area contributed by atoms with Crippen LogP contribution in [0.2, 0.25) is 0 Å². The van der Waals surface area contributed by atoms with Crippen molar-refractivity contribution in [2.75, 3.05) is 0 Å². The lowest BCUT2D eigenvalue weighted by molar-refractivity contribution is 0.702. The van der Waals surface area contributed by atoms with Crippen LogP contribution in [0.25, 0.3) is 0 Å². The van der Waals surface area contributed by atoms with E-state index in [1.807, 2.05) is 40.7 Å². The first-order valence-corrected chi connectivity index (χ1v) is 12.6. The van der Waals surface area contributed by atoms with Crippen LogP contribution < -0.4 is 0 Å². The predicted octanol–water partition coefficient (Wildman–Crippen LogP) is 11.6. The van der Waals surface area contributed by atoms with Gasteiger partial charge in [0, 0.05) is 6.42 Å². The van der Waals surface area contributed by atoms with Crippen molar-refractivity contribution in [1.29, 1.82) is 0 Å². The lowest BCUT2D eigenvalue weighted by Gasteiger charge is -1.86. The normalized spacial score (nSPS) is 6.96. The molecule has 176 valence electrons. The average molecular weight is 401 g/mol. The van der Waals surface area contributed by atoms with Gasteiger partial charge >= 0.3 is 0 Å². The van der Waals surface area contributed by atoms with E-state index in [2.05, 4.69) is 61.0 Å². The summed E-state index contributed by atoms with van der Waals surface area (Å²) >= 11 is 0. The number of hydrogen-bond donors (Lipinski definition) is 0. The summed E-state index contributed by atoms with van der Waals surface area (Å²) in [6.07, 6.45) is 22.2. The van der Waals surface area contributed by atoms with E-state index < -0.39 is 0 Å². The van der Waals surface area contributed by atoms with Crippen LogP contribution in [0.5, 0.6) is 0 Å². The van der Waals surface area contributed by atoms with Crippen LogP contribution in [0.4, 0.5) is 0 Å². The Labute approximate surface area is 185 Å². The summed E-state index contributed by atoms with van der Waals surface area (Å²) in [6.45, 7) is 28.9. The summed E-state index contributed by atoms with van der Waals surface area (Å²) in [6, 6.07) is 0. The van der Waals surface area contributed by atoms with Crippen LogP contribution in [0, 0.1) is 12.3 Å². The third-order valence-electron chi connectivity index (χ3n) is 2.63. The van der Waals surface area contributed by atoms with Crippen LogP contribution in [-0.2, 0) is 0 Å². The Hall–Kier alpha value is -0.700. The van der Waals surface area contributed by atoms with Gasteiger partial charge in [-0.2, -0.15) is 0 Å². The van der Waals surface area contributed by atoms with Crippen molar-refractivity contribution in [3.05, 3.63) is 12.7 Å². The molecule has 0 bridgehead atoms. The Balaban J connectivity index is -0.0000000382. The molecule has 0 amide bonds. The molecular weight excluding hydrogens is 336 g/mol. The molecule has 0 aromatic heterocycles. The molecule has 0 spiro atoms. The molecule has 0 aliphatic rings. The fraction of sp³-hybridized carbons (Fsp3) is 0.857. The monoisotopic (exact) mass is 401 g/mol. The fourth-order valence-corrected chi connectivity index (χ4v) is 1.20. The van der Waals surface area contributed by atoms with Crippen molar-refractivity contribution in [2.24, 2.45) is 0 Å². The summed E-state index contributed by atoms with van der Waals surface area (Å²) in [5.74, 6) is 2.43. The van der Waals surface area contributed by atoms with E-state index in [1.165, 1.54) is 70.6 Å². The average Bonchev–Trinajstić information content (AvgIpc) is 2.76. The maximum atomic E-state index is 4.78. The summed E-state index contributed by atoms with van der Waals surface area (Å²) in [5, 5.41) is 0. The van der Waals surface area contributed by atoms with Gasteiger partial charge in [-0.15, -0.1) is 18.9 Å². The summed E-state index contributed by atoms with van der Waals surface area (Å²) < 4.78 is 0. The highest BCUT2D eigenvalue weighted by atomic mass is 13.8. The number of terminal acetylenes is 1. The van der Waals surface area contributed by atoms with Gasteiger partial charge in [-0.1, -0.05) is 153 Å². The maximum Gasteiger partial charge on any atom is 0.00576 e. The number of rotatable bonds is 8. The molecule has 0 rings (SSSR count). The molecule has 0 nitrogen and oxygen atoms in total. The Bertz CT molecular complexity index is 167. The molecule has 0 saturated heterocycles. The molecule has 0 N–H and O–H groups in total. The quantitative estimate of drug-likeness (QED) is 0.216. The van der Waals surface area contributed by atoms with Gasteiger partial charge in [-0.3, -0.25) is 0 Å². The van der Waals surface area contributed by atoms with Crippen molar-refractivity contribution < 1.29 is 0 Å². The molecule has 0 heterocycles. The largest absolute Gasteiger partial charge is 0.120 e. The molecule has 0 radical (unpaired) electrons. The third-order valence-corrected chi connectivity index (χ3v) is 2.63. The Morgan fingerprint density at radius 3 is 0.929 bits per heavy atom. The summed E-state index contributed by atoms with van der Waals surface area (Å²) in [4.78, 5) is 0. The van der Waals surface area contributed by atoms with E-state index >= 15 is 0 Å². The summed E-state index contributed by atoms with van der Waals surface area (Å²) in [5.41, 5.74) is 0. The second-order valence-electron chi connectivity index (χ2n) is 5.76. The first-order chi connectivity index (χ1) is 13.6. The summed E-state index contributed by atoms with van der Waals surface area (Å²) in [7, 11) is 0. The van der Waals surface area contributed by atoms with Crippen molar-refractivity contribution in [3.8, 4) is 12.3 Å².